The highest BCUT2D eigenvalue weighted by atomic mass is 35.5. The Balaban J connectivity index is 1.57. The van der Waals surface area contributed by atoms with Gasteiger partial charge in [0.1, 0.15) is 5.82 Å². The number of alkyl halides is 3. The summed E-state index contributed by atoms with van der Waals surface area (Å²) in [5.74, 6) is -3.70. The van der Waals surface area contributed by atoms with Crippen LogP contribution in [0.4, 0.5) is 17.6 Å². The van der Waals surface area contributed by atoms with E-state index in [1.807, 2.05) is 0 Å². The van der Waals surface area contributed by atoms with Crippen LogP contribution in [0.15, 0.2) is 36.4 Å². The molecule has 0 radical (unpaired) electrons. The molecular formula is C22H20ClF4N4O2+. The van der Waals surface area contributed by atoms with E-state index in [0.717, 1.165) is 0 Å². The molecule has 33 heavy (non-hydrogen) atoms. The first-order valence-corrected chi connectivity index (χ1v) is 10.5. The van der Waals surface area contributed by atoms with Crippen molar-refractivity contribution in [3.63, 3.8) is 0 Å². The van der Waals surface area contributed by atoms with Crippen LogP contribution in [0, 0.1) is 5.82 Å². The number of nitrogens with zero attached hydrogens (tertiary/aromatic N) is 1. The van der Waals surface area contributed by atoms with Gasteiger partial charge in [-0.05, 0) is 48.4 Å². The van der Waals surface area contributed by atoms with Crippen molar-refractivity contribution >= 4 is 29.3 Å². The van der Waals surface area contributed by atoms with Crippen molar-refractivity contribution in [1.82, 2.24) is 15.5 Å². The molecule has 2 amide bonds. The first-order valence-electron chi connectivity index (χ1n) is 10.2. The van der Waals surface area contributed by atoms with Crippen LogP contribution in [0.2, 0.25) is 5.02 Å². The molecule has 2 unspecified atom stereocenters. The fourth-order valence-electron chi connectivity index (χ4n) is 4.33. The Morgan fingerprint density at radius 1 is 1.21 bits per heavy atom. The van der Waals surface area contributed by atoms with Crippen molar-refractivity contribution < 1.29 is 32.6 Å². The second-order valence-corrected chi connectivity index (χ2v) is 8.42. The lowest BCUT2D eigenvalue weighted by molar-refractivity contribution is -0.174. The van der Waals surface area contributed by atoms with Crippen LogP contribution in [0.25, 0.3) is 0 Å². The first-order chi connectivity index (χ1) is 15.6. The van der Waals surface area contributed by atoms with E-state index >= 15 is 0 Å². The average molecular weight is 484 g/mol. The van der Waals surface area contributed by atoms with E-state index in [9.17, 15) is 27.2 Å². The lowest BCUT2D eigenvalue weighted by Gasteiger charge is -2.38. The minimum atomic E-state index is -5.08. The lowest BCUT2D eigenvalue weighted by Crippen LogP contribution is -2.54. The molecule has 11 heteroatoms. The fraction of sp³-hybridized carbons (Fsp3) is 0.318. The molecule has 6 nitrogen and oxygen atoms in total. The Hall–Kier alpha value is -2.98. The number of hydrogen-bond acceptors (Lipinski definition) is 3. The van der Waals surface area contributed by atoms with Crippen LogP contribution in [0.5, 0.6) is 0 Å². The van der Waals surface area contributed by atoms with Gasteiger partial charge in [-0.25, -0.2) is 14.5 Å². The van der Waals surface area contributed by atoms with Crippen LogP contribution in [-0.2, 0) is 11.3 Å². The molecule has 0 aromatic heterocycles. The summed E-state index contributed by atoms with van der Waals surface area (Å²) in [7, 11) is 0. The van der Waals surface area contributed by atoms with E-state index < -0.39 is 23.7 Å². The Kier molecular flexibility index (Phi) is 6.15. The van der Waals surface area contributed by atoms with Gasteiger partial charge in [-0.15, -0.1) is 0 Å². The number of piperidine rings is 1. The molecule has 1 fully saturated rings. The van der Waals surface area contributed by atoms with Crippen molar-refractivity contribution in [1.29, 1.82) is 0 Å². The number of amidine groups is 1. The van der Waals surface area contributed by atoms with Crippen LogP contribution in [0.3, 0.4) is 0 Å². The third-order valence-corrected chi connectivity index (χ3v) is 6.28. The number of carbonyl (C=O) groups excluding carboxylic acids is 2. The third-order valence-electron chi connectivity index (χ3n) is 5.98. The topological polar surface area (TPSA) is 87.0 Å². The summed E-state index contributed by atoms with van der Waals surface area (Å²) in [4.78, 5) is 26.1. The van der Waals surface area contributed by atoms with Gasteiger partial charge in [0.05, 0.1) is 10.6 Å². The largest absolute Gasteiger partial charge is 0.495 e. The van der Waals surface area contributed by atoms with Gasteiger partial charge >= 0.3 is 12.1 Å². The molecule has 174 valence electrons. The summed E-state index contributed by atoms with van der Waals surface area (Å²) in [6.45, 7) is 1.52. The Morgan fingerprint density at radius 3 is 2.67 bits per heavy atom. The van der Waals surface area contributed by atoms with E-state index in [0.29, 0.717) is 42.7 Å². The minimum absolute atomic E-state index is 0.0164. The van der Waals surface area contributed by atoms with E-state index in [1.54, 1.807) is 22.3 Å². The average Bonchev–Trinajstić information content (AvgIpc) is 3.10. The molecule has 2 aromatic carbocycles. The van der Waals surface area contributed by atoms with Gasteiger partial charge in [0.15, 0.2) is 0 Å². The number of benzene rings is 2. The Labute approximate surface area is 191 Å². The number of amides is 2. The summed E-state index contributed by atoms with van der Waals surface area (Å²) < 4.78 is 51.6. The molecule has 4 N–H and O–H groups in total. The molecule has 2 aromatic rings. The van der Waals surface area contributed by atoms with Gasteiger partial charge in [-0.1, -0.05) is 23.7 Å². The fourth-order valence-corrected chi connectivity index (χ4v) is 4.44. The number of rotatable bonds is 3. The van der Waals surface area contributed by atoms with Gasteiger partial charge in [-0.3, -0.25) is 10.2 Å². The number of hydrogen-bond donors (Lipinski definition) is 3. The Morgan fingerprint density at radius 2 is 1.97 bits per heavy atom. The molecule has 2 atom stereocenters. The third kappa shape index (κ3) is 4.58. The maximum absolute atomic E-state index is 14.1. The lowest BCUT2D eigenvalue weighted by atomic mass is 9.86. The van der Waals surface area contributed by atoms with Crippen LogP contribution in [0.1, 0.15) is 39.4 Å². The van der Waals surface area contributed by atoms with Crippen molar-refractivity contribution in [3.05, 3.63) is 69.5 Å². The van der Waals surface area contributed by atoms with E-state index in [1.165, 1.54) is 24.3 Å². The highest BCUT2D eigenvalue weighted by Gasteiger charge is 2.44. The molecular weight excluding hydrogens is 464 g/mol. The predicted molar refractivity (Wildman–Crippen MR) is 112 cm³/mol. The normalized spacial score (nSPS) is 20.5. The number of nitrogens with one attached hydrogen (secondary N) is 2. The van der Waals surface area contributed by atoms with Crippen LogP contribution >= 0.6 is 11.6 Å². The molecule has 0 bridgehead atoms. The number of halogens is 5. The van der Waals surface area contributed by atoms with E-state index in [-0.39, 0.29) is 28.5 Å². The predicted octanol–water partition coefficient (Wildman–Crippen LogP) is 1.76. The van der Waals surface area contributed by atoms with Crippen LogP contribution < -0.4 is 16.0 Å². The summed E-state index contributed by atoms with van der Waals surface area (Å²) in [6, 6.07) is 8.81. The molecule has 4 rings (SSSR count). The Bertz CT molecular complexity index is 1140. The van der Waals surface area contributed by atoms with Gasteiger partial charge in [0, 0.05) is 30.6 Å². The summed E-state index contributed by atoms with van der Waals surface area (Å²) in [5.41, 5.74) is 1.81. The molecule has 0 spiro atoms. The highest BCUT2D eigenvalue weighted by Crippen LogP contribution is 2.35. The number of carbonyl (C=O) groups is 2. The zero-order chi connectivity index (χ0) is 23.9. The monoisotopic (exact) mass is 483 g/mol. The maximum atomic E-state index is 14.1. The quantitative estimate of drug-likeness (QED) is 0.353. The first kappa shape index (κ1) is 23.2. The molecule has 0 aliphatic carbocycles. The van der Waals surface area contributed by atoms with E-state index in [4.69, 9.17) is 17.0 Å². The van der Waals surface area contributed by atoms with Gasteiger partial charge in [-0.2, -0.15) is 13.2 Å². The van der Waals surface area contributed by atoms with E-state index in [2.05, 4.69) is 5.32 Å². The van der Waals surface area contributed by atoms with Crippen molar-refractivity contribution in [2.45, 2.75) is 31.1 Å². The number of nitrogens with two attached hydrogens (primary N) is 1. The summed E-state index contributed by atoms with van der Waals surface area (Å²) in [6.07, 6.45) is -4.45. The van der Waals surface area contributed by atoms with Gasteiger partial charge in [0.25, 0.3) is 11.7 Å². The second-order valence-electron chi connectivity index (χ2n) is 8.01. The molecule has 2 heterocycles. The molecule has 1 saturated heterocycles. The van der Waals surface area contributed by atoms with Gasteiger partial charge in [0.2, 0.25) is 0 Å². The summed E-state index contributed by atoms with van der Waals surface area (Å²) >= 11 is 5.81. The SMILES string of the molecule is [NH2+]=C(NC(=O)C(F)(F)F)c1ccc2c(c1)C(=O)N(C1CCNCC1c1ccc(Cl)c(F)c1)C2. The maximum Gasteiger partial charge on any atom is 0.495 e. The number of fused-ring (bicyclic) bond motifs is 1. The smallest absolute Gasteiger partial charge is 0.331 e. The summed E-state index contributed by atoms with van der Waals surface area (Å²) in [5, 5.41) is 10.5. The zero-order valence-corrected chi connectivity index (χ0v) is 17.9. The van der Waals surface area contributed by atoms with Crippen molar-refractivity contribution in [2.24, 2.45) is 0 Å². The molecule has 0 saturated carbocycles. The zero-order valence-electron chi connectivity index (χ0n) is 17.2. The standard InChI is InChI=1S/C22H19ClF4N4O2/c23-16-4-3-11(8-17(16)24)15-9-29-6-5-18(15)31-10-13-2-1-12(7-14(13)20(31)32)19(28)30-21(33)22(25,26)27/h1-4,7-8,15,18,29H,5-6,9-10H2,(H2,28,30,33)/p+1. The van der Waals surface area contributed by atoms with Crippen molar-refractivity contribution in [3.8, 4) is 0 Å². The highest BCUT2D eigenvalue weighted by molar-refractivity contribution is 6.30. The molecule has 2 aliphatic rings. The van der Waals surface area contributed by atoms with Gasteiger partial charge < -0.3 is 10.2 Å². The van der Waals surface area contributed by atoms with Crippen LogP contribution in [-0.4, -0.2) is 47.9 Å². The van der Waals surface area contributed by atoms with Crippen molar-refractivity contribution in [2.75, 3.05) is 13.1 Å². The second kappa shape index (κ2) is 8.75. The molecule has 2 aliphatic heterocycles. The minimum Gasteiger partial charge on any atom is -0.331 e.